The minimum absolute atomic E-state index is 0.165. The number of fused-ring (bicyclic) bond motifs is 1. The van der Waals surface area contributed by atoms with Gasteiger partial charge in [-0.25, -0.2) is 4.98 Å². The van der Waals surface area contributed by atoms with Gasteiger partial charge in [-0.2, -0.15) is 0 Å². The second-order valence-corrected chi connectivity index (χ2v) is 6.92. The zero-order valence-corrected chi connectivity index (χ0v) is 14.0. The molecule has 4 nitrogen and oxygen atoms in total. The van der Waals surface area contributed by atoms with Gasteiger partial charge in [0.05, 0.1) is 20.8 Å². The number of likely N-dealkylation sites (tertiary alicyclic amines) is 1. The number of hydrogen-bond acceptors (Lipinski definition) is 3. The summed E-state index contributed by atoms with van der Waals surface area (Å²) in [6.07, 6.45) is 2.24. The Bertz CT molecular complexity index is 858. The molecule has 0 spiro atoms. The minimum Gasteiger partial charge on any atom is -0.338 e. The summed E-state index contributed by atoms with van der Waals surface area (Å²) in [4.78, 5) is 21.1. The van der Waals surface area contributed by atoms with Gasteiger partial charge >= 0.3 is 0 Å². The Morgan fingerprint density at radius 3 is 2.74 bits per heavy atom. The smallest absolute Gasteiger partial charge is 0.263 e. The molecule has 2 aromatic heterocycles. The fraction of sp³-hybridized carbons (Fsp3) is 0.333. The number of imidazole rings is 1. The highest BCUT2D eigenvalue weighted by molar-refractivity contribution is 7.17. The SMILES string of the molecule is CCn1c(-c2ccc(C(=O)N3CCCC3)s2)nc2ccccc21. The molecular formula is C18H19N3OS. The third-order valence-electron chi connectivity index (χ3n) is 4.40. The van der Waals surface area contributed by atoms with Gasteiger partial charge in [0.25, 0.3) is 5.91 Å². The summed E-state index contributed by atoms with van der Waals surface area (Å²) in [5.41, 5.74) is 2.15. The van der Waals surface area contributed by atoms with Crippen LogP contribution < -0.4 is 0 Å². The Labute approximate surface area is 139 Å². The lowest BCUT2D eigenvalue weighted by Crippen LogP contribution is -2.26. The van der Waals surface area contributed by atoms with Crippen LogP contribution in [0.15, 0.2) is 36.4 Å². The lowest BCUT2D eigenvalue weighted by Gasteiger charge is -2.13. The molecule has 0 saturated carbocycles. The number of aryl methyl sites for hydroxylation is 1. The molecule has 0 radical (unpaired) electrons. The Kier molecular flexibility index (Phi) is 3.65. The van der Waals surface area contributed by atoms with Crippen LogP contribution in [0.3, 0.4) is 0 Å². The van der Waals surface area contributed by atoms with Crippen molar-refractivity contribution in [1.29, 1.82) is 0 Å². The molecule has 1 aromatic carbocycles. The first-order valence-corrected chi connectivity index (χ1v) is 8.94. The molecule has 1 saturated heterocycles. The van der Waals surface area contributed by atoms with E-state index in [1.54, 1.807) is 11.3 Å². The molecule has 0 bridgehead atoms. The zero-order valence-electron chi connectivity index (χ0n) is 13.2. The van der Waals surface area contributed by atoms with Crippen molar-refractivity contribution in [3.63, 3.8) is 0 Å². The van der Waals surface area contributed by atoms with E-state index in [2.05, 4.69) is 17.6 Å². The highest BCUT2D eigenvalue weighted by atomic mass is 32.1. The molecule has 0 unspecified atom stereocenters. The van der Waals surface area contributed by atoms with E-state index in [4.69, 9.17) is 4.98 Å². The first-order valence-electron chi connectivity index (χ1n) is 8.12. The average molecular weight is 325 g/mol. The Morgan fingerprint density at radius 1 is 1.17 bits per heavy atom. The third kappa shape index (κ3) is 2.45. The van der Waals surface area contributed by atoms with Crippen LogP contribution in [0.25, 0.3) is 21.7 Å². The number of rotatable bonds is 3. The lowest BCUT2D eigenvalue weighted by molar-refractivity contribution is 0.0797. The van der Waals surface area contributed by atoms with Crippen LogP contribution in [0.1, 0.15) is 29.4 Å². The van der Waals surface area contributed by atoms with Crippen molar-refractivity contribution in [2.24, 2.45) is 0 Å². The van der Waals surface area contributed by atoms with E-state index in [9.17, 15) is 4.79 Å². The third-order valence-corrected chi connectivity index (χ3v) is 5.47. The monoisotopic (exact) mass is 325 g/mol. The van der Waals surface area contributed by atoms with Gasteiger partial charge in [-0.3, -0.25) is 4.79 Å². The van der Waals surface area contributed by atoms with Crippen LogP contribution >= 0.6 is 11.3 Å². The predicted octanol–water partition coefficient (Wildman–Crippen LogP) is 4.02. The second-order valence-electron chi connectivity index (χ2n) is 5.83. The molecule has 1 aliphatic heterocycles. The maximum absolute atomic E-state index is 12.5. The Balaban J connectivity index is 1.73. The van der Waals surface area contributed by atoms with Crippen molar-refractivity contribution in [3.05, 3.63) is 41.3 Å². The molecule has 3 aromatic rings. The number of benzene rings is 1. The summed E-state index contributed by atoms with van der Waals surface area (Å²) in [7, 11) is 0. The number of thiophene rings is 1. The fourth-order valence-electron chi connectivity index (χ4n) is 3.23. The number of nitrogens with zero attached hydrogens (tertiary/aromatic N) is 3. The van der Waals surface area contributed by atoms with Crippen molar-refractivity contribution < 1.29 is 4.79 Å². The lowest BCUT2D eigenvalue weighted by atomic mass is 10.3. The van der Waals surface area contributed by atoms with Crippen LogP contribution in [0.4, 0.5) is 0 Å². The molecule has 0 aliphatic carbocycles. The maximum atomic E-state index is 12.5. The summed E-state index contributed by atoms with van der Waals surface area (Å²) < 4.78 is 2.21. The quantitative estimate of drug-likeness (QED) is 0.729. The number of carbonyl (C=O) groups excluding carboxylic acids is 1. The van der Waals surface area contributed by atoms with Crippen molar-refractivity contribution in [3.8, 4) is 10.7 Å². The average Bonchev–Trinajstić information content (AvgIpc) is 3.31. The minimum atomic E-state index is 0.165. The first-order chi connectivity index (χ1) is 11.3. The van der Waals surface area contributed by atoms with E-state index >= 15 is 0 Å². The predicted molar refractivity (Wildman–Crippen MR) is 93.9 cm³/mol. The molecule has 23 heavy (non-hydrogen) atoms. The molecule has 3 heterocycles. The Hall–Kier alpha value is -2.14. The largest absolute Gasteiger partial charge is 0.338 e. The number of carbonyl (C=O) groups is 1. The molecule has 118 valence electrons. The van der Waals surface area contributed by atoms with Gasteiger partial charge in [0.15, 0.2) is 5.82 Å². The fourth-order valence-corrected chi connectivity index (χ4v) is 4.21. The van der Waals surface area contributed by atoms with Gasteiger partial charge in [-0.1, -0.05) is 12.1 Å². The second kappa shape index (κ2) is 5.81. The van der Waals surface area contributed by atoms with E-state index in [1.165, 1.54) is 0 Å². The van der Waals surface area contributed by atoms with Crippen LogP contribution in [0.2, 0.25) is 0 Å². The molecule has 0 atom stereocenters. The van der Waals surface area contributed by atoms with Crippen molar-refractivity contribution >= 4 is 28.3 Å². The van der Waals surface area contributed by atoms with Crippen molar-refractivity contribution in [2.45, 2.75) is 26.3 Å². The van der Waals surface area contributed by atoms with Crippen LogP contribution in [0.5, 0.6) is 0 Å². The molecular weight excluding hydrogens is 306 g/mol. The summed E-state index contributed by atoms with van der Waals surface area (Å²) >= 11 is 1.55. The standard InChI is InChI=1S/C18H19N3OS/c1-2-21-14-8-4-3-7-13(14)19-17(21)15-9-10-16(23-15)18(22)20-11-5-6-12-20/h3-4,7-10H,2,5-6,11-12H2,1H3. The van der Waals surface area contributed by atoms with E-state index in [0.29, 0.717) is 0 Å². The van der Waals surface area contributed by atoms with Gasteiger partial charge < -0.3 is 9.47 Å². The van der Waals surface area contributed by atoms with Crippen LogP contribution in [0, 0.1) is 0 Å². The van der Waals surface area contributed by atoms with E-state index < -0.39 is 0 Å². The summed E-state index contributed by atoms with van der Waals surface area (Å²) in [5, 5.41) is 0. The van der Waals surface area contributed by atoms with Gasteiger partial charge in [0.2, 0.25) is 0 Å². The summed E-state index contributed by atoms with van der Waals surface area (Å²) in [6.45, 7) is 4.77. The molecule has 0 N–H and O–H groups in total. The number of hydrogen-bond donors (Lipinski definition) is 0. The van der Waals surface area contributed by atoms with Gasteiger partial charge in [0.1, 0.15) is 0 Å². The topological polar surface area (TPSA) is 38.1 Å². The molecule has 5 heteroatoms. The van der Waals surface area contributed by atoms with Crippen LogP contribution in [-0.4, -0.2) is 33.4 Å². The van der Waals surface area contributed by atoms with E-state index in [1.807, 2.05) is 35.2 Å². The number of aromatic nitrogens is 2. The first kappa shape index (κ1) is 14.5. The van der Waals surface area contributed by atoms with E-state index in [-0.39, 0.29) is 5.91 Å². The van der Waals surface area contributed by atoms with Gasteiger partial charge in [-0.15, -0.1) is 11.3 Å². The highest BCUT2D eigenvalue weighted by Gasteiger charge is 2.22. The maximum Gasteiger partial charge on any atom is 0.263 e. The van der Waals surface area contributed by atoms with E-state index in [0.717, 1.165) is 59.1 Å². The van der Waals surface area contributed by atoms with Crippen LogP contribution in [-0.2, 0) is 6.54 Å². The molecule has 1 fully saturated rings. The summed E-state index contributed by atoms with van der Waals surface area (Å²) in [6, 6.07) is 12.2. The van der Waals surface area contributed by atoms with Gasteiger partial charge in [0, 0.05) is 19.6 Å². The Morgan fingerprint density at radius 2 is 1.96 bits per heavy atom. The molecule has 4 rings (SSSR count). The van der Waals surface area contributed by atoms with Crippen molar-refractivity contribution in [2.75, 3.05) is 13.1 Å². The zero-order chi connectivity index (χ0) is 15.8. The summed E-state index contributed by atoms with van der Waals surface area (Å²) in [5.74, 6) is 1.12. The number of para-hydroxylation sites is 2. The molecule has 1 aliphatic rings. The van der Waals surface area contributed by atoms with Gasteiger partial charge in [-0.05, 0) is 44.0 Å². The van der Waals surface area contributed by atoms with Crippen molar-refractivity contribution in [1.82, 2.24) is 14.5 Å². The molecule has 1 amide bonds. The normalized spacial score (nSPS) is 14.7. The highest BCUT2D eigenvalue weighted by Crippen LogP contribution is 2.31. The number of amides is 1.